The van der Waals surface area contributed by atoms with Crippen molar-refractivity contribution in [3.8, 4) is 0 Å². The molecule has 28 heavy (non-hydrogen) atoms. The Bertz CT molecular complexity index is 999. The van der Waals surface area contributed by atoms with Crippen LogP contribution in [-0.2, 0) is 9.59 Å². The van der Waals surface area contributed by atoms with Crippen LogP contribution in [0.15, 0.2) is 24.3 Å². The molecule has 1 aliphatic rings. The Balaban J connectivity index is 2.31. The highest BCUT2D eigenvalue weighted by Crippen LogP contribution is 2.36. The highest BCUT2D eigenvalue weighted by Gasteiger charge is 2.52. The Morgan fingerprint density at radius 1 is 0.750 bits per heavy atom. The van der Waals surface area contributed by atoms with E-state index in [2.05, 4.69) is 24.3 Å². The van der Waals surface area contributed by atoms with Gasteiger partial charge in [0.1, 0.15) is 11.4 Å². The molecule has 0 fully saturated rings. The zero-order chi connectivity index (χ0) is 21.0. The van der Waals surface area contributed by atoms with Gasteiger partial charge in [-0.05, 0) is 77.6 Å². The van der Waals surface area contributed by atoms with Gasteiger partial charge in [0.2, 0.25) is 0 Å². The van der Waals surface area contributed by atoms with Crippen molar-refractivity contribution in [2.24, 2.45) is 5.41 Å². The Labute approximate surface area is 167 Å². The average molecular weight is 378 g/mol. The van der Waals surface area contributed by atoms with Crippen molar-refractivity contribution in [1.29, 1.82) is 0 Å². The molecule has 2 amide bonds. The number of amides is 2. The van der Waals surface area contributed by atoms with Gasteiger partial charge in [-0.15, -0.1) is 0 Å². The predicted molar refractivity (Wildman–Crippen MR) is 114 cm³/mol. The van der Waals surface area contributed by atoms with Crippen molar-refractivity contribution in [1.82, 2.24) is 0 Å². The lowest BCUT2D eigenvalue weighted by molar-refractivity contribution is -0.375. The number of nitrogens with zero attached hydrogens (tertiary/aromatic N) is 2. The number of hydrogen-bond donors (Lipinski definition) is 0. The van der Waals surface area contributed by atoms with Crippen molar-refractivity contribution in [3.05, 3.63) is 57.6 Å². The number of carbonyl (C=O) groups excluding carboxylic acids is 2. The number of anilines is 1. The first-order valence-electron chi connectivity index (χ1n) is 9.63. The van der Waals surface area contributed by atoms with Crippen LogP contribution in [0.3, 0.4) is 0 Å². The van der Waals surface area contributed by atoms with Gasteiger partial charge >= 0.3 is 11.8 Å². The Kier molecular flexibility index (Phi) is 4.78. The predicted octanol–water partition coefficient (Wildman–Crippen LogP) is 4.81. The highest BCUT2D eigenvalue weighted by molar-refractivity contribution is 6.20. The van der Waals surface area contributed by atoms with Gasteiger partial charge < -0.3 is 0 Å². The summed E-state index contributed by atoms with van der Waals surface area (Å²) in [5.41, 5.74) is 6.93. The van der Waals surface area contributed by atoms with E-state index in [4.69, 9.17) is 0 Å². The molecule has 0 N–H and O–H groups in total. The smallest absolute Gasteiger partial charge is 0.245 e. The third kappa shape index (κ3) is 3.07. The lowest BCUT2D eigenvalue weighted by Crippen LogP contribution is -2.54. The minimum Gasteiger partial charge on any atom is -0.245 e. The molecule has 4 heteroatoms. The van der Waals surface area contributed by atoms with Crippen LogP contribution >= 0.6 is 0 Å². The fraction of sp³-hybridized carbons (Fsp3) is 0.375. The first-order valence-corrected chi connectivity index (χ1v) is 9.63. The van der Waals surface area contributed by atoms with Gasteiger partial charge in [-0.1, -0.05) is 35.4 Å². The second-order valence-corrected chi connectivity index (χ2v) is 8.59. The van der Waals surface area contributed by atoms with Crippen LogP contribution in [0.2, 0.25) is 0 Å². The van der Waals surface area contributed by atoms with E-state index in [9.17, 15) is 9.59 Å². The Hall–Kier alpha value is -2.75. The molecule has 4 nitrogen and oxygen atoms in total. The van der Waals surface area contributed by atoms with Gasteiger partial charge in [0.15, 0.2) is 5.41 Å². The number of rotatable bonds is 2. The number of benzene rings is 2. The molecule has 0 saturated heterocycles. The van der Waals surface area contributed by atoms with E-state index in [0.29, 0.717) is 0 Å². The van der Waals surface area contributed by atoms with Crippen LogP contribution in [0, 0.1) is 47.0 Å². The summed E-state index contributed by atoms with van der Waals surface area (Å²) in [6.07, 6.45) is 1.67. The van der Waals surface area contributed by atoms with Crippen LogP contribution in [-0.4, -0.2) is 22.7 Å². The van der Waals surface area contributed by atoms with Crippen LogP contribution < -0.4 is 4.90 Å². The van der Waals surface area contributed by atoms with Gasteiger partial charge in [-0.2, -0.15) is 9.48 Å². The molecular formula is C24H29N2O2+. The van der Waals surface area contributed by atoms with E-state index in [1.54, 1.807) is 29.7 Å². The third-order valence-corrected chi connectivity index (χ3v) is 5.49. The van der Waals surface area contributed by atoms with Gasteiger partial charge in [-0.3, -0.25) is 0 Å². The molecule has 2 aromatic carbocycles. The van der Waals surface area contributed by atoms with E-state index in [1.807, 2.05) is 41.5 Å². The van der Waals surface area contributed by atoms with Crippen molar-refractivity contribution in [3.63, 3.8) is 0 Å². The molecule has 146 valence electrons. The molecule has 0 spiro atoms. The van der Waals surface area contributed by atoms with Gasteiger partial charge in [0, 0.05) is 0 Å². The van der Waals surface area contributed by atoms with Gasteiger partial charge in [0.25, 0.3) is 6.34 Å². The number of hydrogen-bond acceptors (Lipinski definition) is 2. The van der Waals surface area contributed by atoms with Gasteiger partial charge in [-0.25, -0.2) is 9.59 Å². The monoisotopic (exact) mass is 377 g/mol. The topological polar surface area (TPSA) is 40.4 Å². The SMILES string of the molecule is Cc1cc(C)c(N2C=[N+](c3c(C)cc(C)cc3C)C(=O)C(C)(C)C2=O)c(C)c1. The Morgan fingerprint density at radius 2 is 1.18 bits per heavy atom. The fourth-order valence-corrected chi connectivity index (χ4v) is 4.34. The maximum Gasteiger partial charge on any atom is 0.331 e. The average Bonchev–Trinajstić information content (AvgIpc) is 2.55. The summed E-state index contributed by atoms with van der Waals surface area (Å²) in [5.74, 6) is -0.405. The molecule has 3 rings (SSSR count). The molecule has 1 aliphatic heterocycles. The largest absolute Gasteiger partial charge is 0.331 e. The van der Waals surface area contributed by atoms with Crippen LogP contribution in [0.1, 0.15) is 47.2 Å². The maximum absolute atomic E-state index is 13.3. The summed E-state index contributed by atoms with van der Waals surface area (Å²) in [6.45, 7) is 15.5. The van der Waals surface area contributed by atoms with Crippen molar-refractivity contribution in [2.75, 3.05) is 4.90 Å². The zero-order valence-electron chi connectivity index (χ0n) is 18.1. The van der Waals surface area contributed by atoms with Gasteiger partial charge in [0.05, 0.1) is 0 Å². The highest BCUT2D eigenvalue weighted by atomic mass is 16.2. The maximum atomic E-state index is 13.3. The molecule has 0 saturated carbocycles. The van der Waals surface area contributed by atoms with Crippen LogP contribution in [0.25, 0.3) is 0 Å². The minimum absolute atomic E-state index is 0.203. The molecular weight excluding hydrogens is 348 g/mol. The molecule has 0 radical (unpaired) electrons. The van der Waals surface area contributed by atoms with Crippen LogP contribution in [0.4, 0.5) is 11.4 Å². The summed E-state index contributed by atoms with van der Waals surface area (Å²) in [4.78, 5) is 28.2. The number of carbonyl (C=O) groups is 2. The quantitative estimate of drug-likeness (QED) is 0.557. The second-order valence-electron chi connectivity index (χ2n) is 8.59. The number of aryl methyl sites for hydroxylation is 6. The molecule has 0 aromatic heterocycles. The summed E-state index contributed by atoms with van der Waals surface area (Å²) < 4.78 is 1.66. The molecule has 0 unspecified atom stereocenters. The fourth-order valence-electron chi connectivity index (χ4n) is 4.34. The zero-order valence-corrected chi connectivity index (χ0v) is 18.1. The standard InChI is InChI=1S/C24H29N2O2/c1-14-9-16(3)20(17(4)10-14)25-13-26(23(28)24(7,8)22(25)27)21-18(5)11-15(2)12-19(21)6/h9-13H,1-8H3/q+1. The third-order valence-electron chi connectivity index (χ3n) is 5.49. The van der Waals surface area contributed by atoms with E-state index >= 15 is 0 Å². The summed E-state index contributed by atoms with van der Waals surface area (Å²) in [7, 11) is 0. The Morgan fingerprint density at radius 3 is 1.64 bits per heavy atom. The normalized spacial score (nSPS) is 16.4. The second kappa shape index (κ2) is 6.69. The minimum atomic E-state index is -1.15. The van der Waals surface area contributed by atoms with Crippen LogP contribution in [0.5, 0.6) is 0 Å². The summed E-state index contributed by atoms with van der Waals surface area (Å²) in [6, 6.07) is 8.28. The molecule has 1 heterocycles. The first-order chi connectivity index (χ1) is 12.9. The van der Waals surface area contributed by atoms with Crippen molar-refractivity contribution in [2.45, 2.75) is 55.4 Å². The molecule has 2 aromatic rings. The first kappa shape index (κ1) is 20.0. The lowest BCUT2D eigenvalue weighted by Gasteiger charge is -2.30. The van der Waals surface area contributed by atoms with E-state index in [0.717, 1.165) is 44.8 Å². The van der Waals surface area contributed by atoms with E-state index in [-0.39, 0.29) is 11.8 Å². The van der Waals surface area contributed by atoms with Crippen molar-refractivity contribution < 1.29 is 14.2 Å². The molecule has 0 bridgehead atoms. The lowest BCUT2D eigenvalue weighted by atomic mass is 9.87. The molecule has 0 aliphatic carbocycles. The summed E-state index contributed by atoms with van der Waals surface area (Å²) in [5, 5.41) is 0. The van der Waals surface area contributed by atoms with Crippen molar-refractivity contribution >= 4 is 29.5 Å². The van der Waals surface area contributed by atoms with E-state index < -0.39 is 5.41 Å². The van der Waals surface area contributed by atoms with E-state index in [1.165, 1.54) is 0 Å². The molecule has 0 atom stereocenters. The summed E-state index contributed by atoms with van der Waals surface area (Å²) >= 11 is 0.